The van der Waals surface area contributed by atoms with Gasteiger partial charge in [-0.3, -0.25) is 9.59 Å². The Labute approximate surface area is 173 Å². The zero-order valence-electron chi connectivity index (χ0n) is 16.6. The molecule has 2 amide bonds. The van der Waals surface area contributed by atoms with Gasteiger partial charge in [0.05, 0.1) is 11.0 Å². The molecule has 2 fully saturated rings. The smallest absolute Gasteiger partial charge is 0.242 e. The van der Waals surface area contributed by atoms with Gasteiger partial charge in [0, 0.05) is 37.7 Å². The molecule has 0 aliphatic carbocycles. The third-order valence-corrected chi connectivity index (χ3v) is 6.06. The van der Waals surface area contributed by atoms with E-state index in [9.17, 15) is 14.0 Å². The number of hydrogen-bond acceptors (Lipinski definition) is 3. The lowest BCUT2D eigenvalue weighted by Crippen LogP contribution is -2.32. The van der Waals surface area contributed by atoms with Crippen molar-refractivity contribution >= 4 is 28.5 Å². The van der Waals surface area contributed by atoms with Crippen molar-refractivity contribution < 1.29 is 14.0 Å². The Balaban J connectivity index is 1.47. The Bertz CT molecular complexity index is 1100. The van der Waals surface area contributed by atoms with Gasteiger partial charge in [0.1, 0.15) is 18.2 Å². The van der Waals surface area contributed by atoms with Gasteiger partial charge in [0.2, 0.25) is 11.8 Å². The summed E-state index contributed by atoms with van der Waals surface area (Å²) in [5.41, 5.74) is 2.42. The number of aromatic nitrogens is 2. The van der Waals surface area contributed by atoms with Crippen molar-refractivity contribution in [2.45, 2.75) is 31.7 Å². The standard InChI is InChI=1S/C23H23FN4O2/c24-17-7-9-18(10-8-17)27-14-16(13-21(27)29)23-25-19-5-1-2-6-20(19)28(23)15-22(30)26-11-3-4-12-26/h1-2,5-10,16H,3-4,11-15H2. The topological polar surface area (TPSA) is 58.4 Å². The zero-order valence-corrected chi connectivity index (χ0v) is 16.6. The first-order valence-electron chi connectivity index (χ1n) is 10.4. The number of anilines is 1. The van der Waals surface area contributed by atoms with Gasteiger partial charge in [-0.1, -0.05) is 12.1 Å². The number of benzene rings is 2. The summed E-state index contributed by atoms with van der Waals surface area (Å²) in [5.74, 6) is 0.389. The fourth-order valence-electron chi connectivity index (χ4n) is 4.52. The van der Waals surface area contributed by atoms with Crippen LogP contribution in [-0.4, -0.2) is 45.9 Å². The zero-order chi connectivity index (χ0) is 20.7. The van der Waals surface area contributed by atoms with Gasteiger partial charge in [0.25, 0.3) is 0 Å². The minimum atomic E-state index is -0.329. The lowest BCUT2D eigenvalue weighted by Gasteiger charge is -2.19. The third kappa shape index (κ3) is 3.34. The summed E-state index contributed by atoms with van der Waals surface area (Å²) in [5, 5.41) is 0. The molecule has 2 aromatic carbocycles. The molecule has 1 atom stereocenters. The van der Waals surface area contributed by atoms with Gasteiger partial charge in [-0.2, -0.15) is 0 Å². The average molecular weight is 406 g/mol. The number of halogens is 1. The first-order chi connectivity index (χ1) is 14.6. The molecule has 6 nitrogen and oxygen atoms in total. The Morgan fingerprint density at radius 2 is 1.80 bits per heavy atom. The van der Waals surface area contributed by atoms with Crippen molar-refractivity contribution in [2.75, 3.05) is 24.5 Å². The van der Waals surface area contributed by atoms with Crippen LogP contribution in [0.3, 0.4) is 0 Å². The van der Waals surface area contributed by atoms with E-state index in [4.69, 9.17) is 4.98 Å². The van der Waals surface area contributed by atoms with Crippen LogP contribution < -0.4 is 4.90 Å². The fraction of sp³-hybridized carbons (Fsp3) is 0.348. The number of para-hydroxylation sites is 2. The predicted octanol–water partition coefficient (Wildman–Crippen LogP) is 3.32. The van der Waals surface area contributed by atoms with E-state index in [2.05, 4.69) is 0 Å². The minimum absolute atomic E-state index is 0.0175. The molecule has 1 aromatic heterocycles. The predicted molar refractivity (Wildman–Crippen MR) is 112 cm³/mol. The maximum Gasteiger partial charge on any atom is 0.242 e. The van der Waals surface area contributed by atoms with E-state index >= 15 is 0 Å². The van der Waals surface area contributed by atoms with E-state index in [-0.39, 0.29) is 30.1 Å². The molecule has 5 rings (SSSR count). The molecule has 0 radical (unpaired) electrons. The largest absolute Gasteiger partial charge is 0.341 e. The summed E-state index contributed by atoms with van der Waals surface area (Å²) in [6.45, 7) is 2.31. The van der Waals surface area contributed by atoms with E-state index in [1.807, 2.05) is 33.7 Å². The van der Waals surface area contributed by atoms with E-state index in [0.717, 1.165) is 42.8 Å². The van der Waals surface area contributed by atoms with Crippen molar-refractivity contribution in [3.05, 3.63) is 60.2 Å². The van der Waals surface area contributed by atoms with Crippen molar-refractivity contribution in [2.24, 2.45) is 0 Å². The fourth-order valence-corrected chi connectivity index (χ4v) is 4.52. The summed E-state index contributed by atoms with van der Waals surface area (Å²) in [6, 6.07) is 13.7. The van der Waals surface area contributed by atoms with E-state index in [1.54, 1.807) is 17.0 Å². The van der Waals surface area contributed by atoms with E-state index in [1.165, 1.54) is 12.1 Å². The number of fused-ring (bicyclic) bond motifs is 1. The Kier molecular flexibility index (Phi) is 4.73. The lowest BCUT2D eigenvalue weighted by atomic mass is 10.1. The molecule has 3 aromatic rings. The normalized spacial score (nSPS) is 19.2. The molecule has 154 valence electrons. The summed E-state index contributed by atoms with van der Waals surface area (Å²) in [7, 11) is 0. The molecule has 7 heteroatoms. The number of imidazole rings is 1. The van der Waals surface area contributed by atoms with Crippen LogP contribution in [0.25, 0.3) is 11.0 Å². The van der Waals surface area contributed by atoms with Gasteiger partial charge >= 0.3 is 0 Å². The number of hydrogen-bond donors (Lipinski definition) is 0. The SMILES string of the molecule is O=C(Cn1c(C2CC(=O)N(c3ccc(F)cc3)C2)nc2ccccc21)N1CCCC1. The Morgan fingerprint density at radius 3 is 2.57 bits per heavy atom. The van der Waals surface area contributed by atoms with Gasteiger partial charge < -0.3 is 14.4 Å². The Morgan fingerprint density at radius 1 is 1.07 bits per heavy atom. The molecule has 30 heavy (non-hydrogen) atoms. The first kappa shape index (κ1) is 18.8. The van der Waals surface area contributed by atoms with E-state index in [0.29, 0.717) is 18.7 Å². The van der Waals surface area contributed by atoms with Crippen LogP contribution >= 0.6 is 0 Å². The highest BCUT2D eigenvalue weighted by atomic mass is 19.1. The van der Waals surface area contributed by atoms with Crippen LogP contribution in [0.4, 0.5) is 10.1 Å². The number of likely N-dealkylation sites (tertiary alicyclic amines) is 1. The molecular weight excluding hydrogens is 383 g/mol. The van der Waals surface area contributed by atoms with Gasteiger partial charge in [-0.15, -0.1) is 0 Å². The summed E-state index contributed by atoms with van der Waals surface area (Å²) in [4.78, 5) is 34.0. The number of carbonyl (C=O) groups is 2. The maximum absolute atomic E-state index is 13.3. The van der Waals surface area contributed by atoms with Gasteiger partial charge in [-0.05, 0) is 49.2 Å². The van der Waals surface area contributed by atoms with Crippen LogP contribution in [0.2, 0.25) is 0 Å². The van der Waals surface area contributed by atoms with Crippen molar-refractivity contribution in [3.63, 3.8) is 0 Å². The first-order valence-corrected chi connectivity index (χ1v) is 10.4. The van der Waals surface area contributed by atoms with Crippen molar-refractivity contribution in [1.82, 2.24) is 14.5 Å². The highest BCUT2D eigenvalue weighted by Crippen LogP contribution is 2.33. The molecule has 3 heterocycles. The molecule has 2 saturated heterocycles. The van der Waals surface area contributed by atoms with Gasteiger partial charge in [-0.25, -0.2) is 9.37 Å². The number of carbonyl (C=O) groups excluding carboxylic acids is 2. The number of nitrogens with zero attached hydrogens (tertiary/aromatic N) is 4. The van der Waals surface area contributed by atoms with Crippen LogP contribution in [0, 0.1) is 5.82 Å². The van der Waals surface area contributed by atoms with Crippen LogP contribution in [0.15, 0.2) is 48.5 Å². The van der Waals surface area contributed by atoms with Gasteiger partial charge in [0.15, 0.2) is 0 Å². The lowest BCUT2D eigenvalue weighted by molar-refractivity contribution is -0.130. The molecule has 0 bridgehead atoms. The summed E-state index contributed by atoms with van der Waals surface area (Å²) >= 11 is 0. The maximum atomic E-state index is 13.3. The second-order valence-corrected chi connectivity index (χ2v) is 8.01. The summed E-state index contributed by atoms with van der Waals surface area (Å²) in [6.07, 6.45) is 2.42. The quantitative estimate of drug-likeness (QED) is 0.668. The summed E-state index contributed by atoms with van der Waals surface area (Å²) < 4.78 is 15.3. The molecule has 1 unspecified atom stereocenters. The monoisotopic (exact) mass is 406 g/mol. The molecule has 2 aliphatic rings. The molecule has 0 saturated carbocycles. The molecular formula is C23H23FN4O2. The van der Waals surface area contributed by atoms with Crippen LogP contribution in [0.1, 0.15) is 31.0 Å². The third-order valence-electron chi connectivity index (χ3n) is 6.06. The Hall–Kier alpha value is -3.22. The molecule has 0 N–H and O–H groups in total. The van der Waals surface area contributed by atoms with Crippen LogP contribution in [0.5, 0.6) is 0 Å². The second kappa shape index (κ2) is 7.55. The minimum Gasteiger partial charge on any atom is -0.341 e. The average Bonchev–Trinajstić information content (AvgIpc) is 3.48. The molecule has 2 aliphatic heterocycles. The van der Waals surface area contributed by atoms with E-state index < -0.39 is 0 Å². The molecule has 0 spiro atoms. The number of amides is 2. The second-order valence-electron chi connectivity index (χ2n) is 8.01. The highest BCUT2D eigenvalue weighted by Gasteiger charge is 2.35. The van der Waals surface area contributed by atoms with Crippen molar-refractivity contribution in [3.8, 4) is 0 Å². The van der Waals surface area contributed by atoms with Crippen molar-refractivity contribution in [1.29, 1.82) is 0 Å². The number of rotatable bonds is 4. The highest BCUT2D eigenvalue weighted by molar-refractivity contribution is 5.96. The van der Waals surface area contributed by atoms with Crippen LogP contribution in [-0.2, 0) is 16.1 Å².